The highest BCUT2D eigenvalue weighted by Gasteiger charge is 2.16. The molecule has 0 aliphatic carbocycles. The summed E-state index contributed by atoms with van der Waals surface area (Å²) in [6.07, 6.45) is 5.66. The van der Waals surface area contributed by atoms with E-state index in [1.807, 2.05) is 6.07 Å². The minimum atomic E-state index is 0.383. The fraction of sp³-hybridized carbons (Fsp3) is 0.545. The predicted octanol–water partition coefficient (Wildman–Crippen LogP) is 1.66. The molecule has 2 heterocycles. The number of likely N-dealkylation sites (tertiary alicyclic amines) is 1. The van der Waals surface area contributed by atoms with Crippen LogP contribution in [0.4, 0.5) is 0 Å². The average Bonchev–Trinajstić information content (AvgIpc) is 2.25. The molecule has 4 heteroatoms. The Bertz CT molecular complexity index is 321. The topological polar surface area (TPSA) is 42.1 Å². The second-order valence-electron chi connectivity index (χ2n) is 4.08. The molecule has 0 saturated carbocycles. The van der Waals surface area contributed by atoms with E-state index in [0.717, 1.165) is 43.1 Å². The predicted molar refractivity (Wildman–Crippen MR) is 61.7 cm³/mol. The van der Waals surface area contributed by atoms with Gasteiger partial charge in [-0.25, -0.2) is 0 Å². The normalized spacial score (nSPS) is 19.3. The van der Waals surface area contributed by atoms with Crippen molar-refractivity contribution in [1.82, 2.24) is 9.88 Å². The average molecular weight is 226 g/mol. The summed E-state index contributed by atoms with van der Waals surface area (Å²) in [6, 6.07) is 2.37. The molecule has 0 atom stereocenters. The summed E-state index contributed by atoms with van der Waals surface area (Å²) in [4.78, 5) is 6.37. The van der Waals surface area contributed by atoms with Crippen LogP contribution in [0.3, 0.4) is 0 Å². The van der Waals surface area contributed by atoms with Crippen molar-refractivity contribution in [2.75, 3.05) is 13.1 Å². The van der Waals surface area contributed by atoms with E-state index in [0.29, 0.717) is 6.04 Å². The van der Waals surface area contributed by atoms with E-state index in [4.69, 9.17) is 17.3 Å². The van der Waals surface area contributed by atoms with E-state index in [1.54, 1.807) is 12.4 Å². The molecule has 3 nitrogen and oxygen atoms in total. The maximum Gasteiger partial charge on any atom is 0.0634 e. The molecule has 0 radical (unpaired) electrons. The van der Waals surface area contributed by atoms with Crippen LogP contribution in [0.15, 0.2) is 18.5 Å². The second-order valence-corrected chi connectivity index (χ2v) is 4.49. The van der Waals surface area contributed by atoms with Crippen LogP contribution in [-0.4, -0.2) is 29.0 Å². The molecule has 2 N–H and O–H groups in total. The molecule has 82 valence electrons. The molecule has 0 unspecified atom stereocenters. The summed E-state index contributed by atoms with van der Waals surface area (Å²) in [5, 5.41) is 0.757. The molecular formula is C11H16ClN3. The highest BCUT2D eigenvalue weighted by molar-refractivity contribution is 6.31. The molecule has 0 amide bonds. The van der Waals surface area contributed by atoms with Gasteiger partial charge >= 0.3 is 0 Å². The number of nitrogens with two attached hydrogens (primary N) is 1. The van der Waals surface area contributed by atoms with Gasteiger partial charge in [0.25, 0.3) is 0 Å². The molecule has 1 saturated heterocycles. The van der Waals surface area contributed by atoms with Gasteiger partial charge in [-0.1, -0.05) is 11.6 Å². The van der Waals surface area contributed by atoms with Crippen molar-refractivity contribution in [3.8, 4) is 0 Å². The van der Waals surface area contributed by atoms with Crippen LogP contribution in [0.2, 0.25) is 5.02 Å². The van der Waals surface area contributed by atoms with Crippen LogP contribution in [-0.2, 0) is 6.54 Å². The van der Waals surface area contributed by atoms with E-state index in [1.165, 1.54) is 0 Å². The van der Waals surface area contributed by atoms with Gasteiger partial charge in [0.2, 0.25) is 0 Å². The standard InChI is InChI=1S/C11H16ClN3/c12-11-7-14-4-1-9(11)8-15-5-2-10(13)3-6-15/h1,4,7,10H,2-3,5-6,8,13H2. The van der Waals surface area contributed by atoms with Gasteiger partial charge in [-0.3, -0.25) is 9.88 Å². The van der Waals surface area contributed by atoms with Crippen LogP contribution < -0.4 is 5.73 Å². The Balaban J connectivity index is 1.95. The molecule has 1 fully saturated rings. The highest BCUT2D eigenvalue weighted by Crippen LogP contribution is 2.18. The van der Waals surface area contributed by atoms with Crippen molar-refractivity contribution >= 4 is 11.6 Å². The third kappa shape index (κ3) is 2.91. The van der Waals surface area contributed by atoms with E-state index in [9.17, 15) is 0 Å². The number of nitrogens with zero attached hydrogens (tertiary/aromatic N) is 2. The Labute approximate surface area is 95.2 Å². The number of piperidine rings is 1. The lowest BCUT2D eigenvalue weighted by molar-refractivity contribution is 0.205. The van der Waals surface area contributed by atoms with Gasteiger partial charge in [-0.15, -0.1) is 0 Å². The maximum atomic E-state index is 6.06. The van der Waals surface area contributed by atoms with Crippen LogP contribution in [0.5, 0.6) is 0 Å². The number of hydrogen-bond donors (Lipinski definition) is 1. The number of aromatic nitrogens is 1. The van der Waals surface area contributed by atoms with Gasteiger partial charge in [0, 0.05) is 25.0 Å². The highest BCUT2D eigenvalue weighted by atomic mass is 35.5. The Morgan fingerprint density at radius 2 is 2.20 bits per heavy atom. The van der Waals surface area contributed by atoms with E-state index < -0.39 is 0 Å². The molecule has 0 aromatic carbocycles. The zero-order valence-electron chi connectivity index (χ0n) is 8.69. The van der Waals surface area contributed by atoms with Gasteiger partial charge in [0.15, 0.2) is 0 Å². The zero-order valence-corrected chi connectivity index (χ0v) is 9.45. The Morgan fingerprint density at radius 3 is 2.87 bits per heavy atom. The van der Waals surface area contributed by atoms with Crippen LogP contribution in [0.1, 0.15) is 18.4 Å². The minimum Gasteiger partial charge on any atom is -0.328 e. The summed E-state index contributed by atoms with van der Waals surface area (Å²) in [7, 11) is 0. The minimum absolute atomic E-state index is 0.383. The van der Waals surface area contributed by atoms with Gasteiger partial charge in [-0.2, -0.15) is 0 Å². The first-order valence-corrected chi connectivity index (χ1v) is 5.70. The Morgan fingerprint density at radius 1 is 1.47 bits per heavy atom. The third-order valence-electron chi connectivity index (χ3n) is 2.88. The van der Waals surface area contributed by atoms with Crippen molar-refractivity contribution in [1.29, 1.82) is 0 Å². The Kier molecular flexibility index (Phi) is 3.57. The molecule has 1 aliphatic heterocycles. The third-order valence-corrected chi connectivity index (χ3v) is 3.22. The van der Waals surface area contributed by atoms with E-state index in [2.05, 4.69) is 9.88 Å². The lowest BCUT2D eigenvalue weighted by Gasteiger charge is -2.30. The summed E-state index contributed by atoms with van der Waals surface area (Å²) >= 11 is 6.06. The van der Waals surface area contributed by atoms with Crippen LogP contribution in [0.25, 0.3) is 0 Å². The largest absolute Gasteiger partial charge is 0.328 e. The van der Waals surface area contributed by atoms with E-state index >= 15 is 0 Å². The summed E-state index contributed by atoms with van der Waals surface area (Å²) in [5.41, 5.74) is 7.01. The molecule has 15 heavy (non-hydrogen) atoms. The van der Waals surface area contributed by atoms with Crippen molar-refractivity contribution in [3.63, 3.8) is 0 Å². The second kappa shape index (κ2) is 4.92. The lowest BCUT2D eigenvalue weighted by Crippen LogP contribution is -2.39. The van der Waals surface area contributed by atoms with Gasteiger partial charge in [-0.05, 0) is 37.6 Å². The van der Waals surface area contributed by atoms with Gasteiger partial charge in [0.05, 0.1) is 5.02 Å². The number of pyridine rings is 1. The number of hydrogen-bond acceptors (Lipinski definition) is 3. The molecule has 2 rings (SSSR count). The van der Waals surface area contributed by atoms with Crippen molar-refractivity contribution in [3.05, 3.63) is 29.0 Å². The lowest BCUT2D eigenvalue weighted by atomic mass is 10.1. The quantitative estimate of drug-likeness (QED) is 0.833. The SMILES string of the molecule is NC1CCN(Cc2ccncc2Cl)CC1. The van der Waals surface area contributed by atoms with Crippen molar-refractivity contribution in [2.24, 2.45) is 5.73 Å². The molecular weight excluding hydrogens is 210 g/mol. The van der Waals surface area contributed by atoms with E-state index in [-0.39, 0.29) is 0 Å². The summed E-state index contributed by atoms with van der Waals surface area (Å²) < 4.78 is 0. The molecule has 1 aromatic heterocycles. The molecule has 1 aromatic rings. The van der Waals surface area contributed by atoms with Crippen LogP contribution in [0, 0.1) is 0 Å². The Hall–Kier alpha value is -0.640. The molecule has 0 bridgehead atoms. The van der Waals surface area contributed by atoms with Gasteiger partial charge in [0.1, 0.15) is 0 Å². The molecule has 0 spiro atoms. The zero-order chi connectivity index (χ0) is 10.7. The van der Waals surface area contributed by atoms with Crippen LogP contribution >= 0.6 is 11.6 Å². The van der Waals surface area contributed by atoms with Crippen molar-refractivity contribution < 1.29 is 0 Å². The first-order chi connectivity index (χ1) is 7.25. The maximum absolute atomic E-state index is 6.06. The fourth-order valence-corrected chi connectivity index (χ4v) is 2.06. The fourth-order valence-electron chi connectivity index (χ4n) is 1.88. The summed E-state index contributed by atoms with van der Waals surface area (Å²) in [5.74, 6) is 0. The first kappa shape index (κ1) is 10.9. The van der Waals surface area contributed by atoms with Gasteiger partial charge < -0.3 is 5.73 Å². The number of halogens is 1. The first-order valence-electron chi connectivity index (χ1n) is 5.32. The monoisotopic (exact) mass is 225 g/mol. The molecule has 1 aliphatic rings. The number of rotatable bonds is 2. The van der Waals surface area contributed by atoms with Crippen molar-refractivity contribution in [2.45, 2.75) is 25.4 Å². The smallest absolute Gasteiger partial charge is 0.0634 e. The summed E-state index contributed by atoms with van der Waals surface area (Å²) in [6.45, 7) is 3.05.